The number of aryl methyl sites for hydroxylation is 1. The second-order valence-electron chi connectivity index (χ2n) is 7.15. The van der Waals surface area contributed by atoms with E-state index in [1.165, 1.54) is 30.7 Å². The Kier molecular flexibility index (Phi) is 6.38. The fourth-order valence-corrected chi connectivity index (χ4v) is 4.44. The zero-order chi connectivity index (χ0) is 23.5. The van der Waals surface area contributed by atoms with Crippen molar-refractivity contribution in [1.29, 1.82) is 0 Å². The minimum absolute atomic E-state index is 0.308. The lowest BCUT2D eigenvalue weighted by atomic mass is 10.0. The number of rotatable bonds is 8. The van der Waals surface area contributed by atoms with E-state index in [9.17, 15) is 9.59 Å². The Balaban J connectivity index is 1.67. The SMILES string of the molecule is COc1cc(NC(=O)C(=O)c2c(C)[nH]c3ccc(C(OC)c4cnc(OC)s4)cc23)ccn1. The summed E-state index contributed by atoms with van der Waals surface area (Å²) in [4.78, 5) is 38.1. The van der Waals surface area contributed by atoms with Crippen molar-refractivity contribution in [2.45, 2.75) is 13.0 Å². The predicted molar refractivity (Wildman–Crippen MR) is 124 cm³/mol. The molecule has 33 heavy (non-hydrogen) atoms. The Morgan fingerprint density at radius 2 is 1.91 bits per heavy atom. The third-order valence-corrected chi connectivity index (χ3v) is 6.12. The van der Waals surface area contributed by atoms with Gasteiger partial charge in [0, 0.05) is 47.9 Å². The number of methoxy groups -OCH3 is 3. The second-order valence-corrected chi connectivity index (χ2v) is 8.17. The van der Waals surface area contributed by atoms with E-state index in [1.807, 2.05) is 18.2 Å². The Morgan fingerprint density at radius 1 is 1.09 bits per heavy atom. The molecule has 0 aliphatic heterocycles. The molecule has 0 bridgehead atoms. The van der Waals surface area contributed by atoms with Crippen molar-refractivity contribution in [3.63, 3.8) is 0 Å². The highest BCUT2D eigenvalue weighted by molar-refractivity contribution is 7.13. The molecule has 9 nitrogen and oxygen atoms in total. The summed E-state index contributed by atoms with van der Waals surface area (Å²) < 4.78 is 16.0. The minimum Gasteiger partial charge on any atom is -0.481 e. The van der Waals surface area contributed by atoms with Crippen molar-refractivity contribution in [3.05, 3.63) is 64.4 Å². The first-order valence-corrected chi connectivity index (χ1v) is 10.8. The van der Waals surface area contributed by atoms with Crippen LogP contribution in [0, 0.1) is 6.92 Å². The van der Waals surface area contributed by atoms with Gasteiger partial charge in [-0.15, -0.1) is 0 Å². The van der Waals surface area contributed by atoms with Crippen LogP contribution in [0.2, 0.25) is 0 Å². The van der Waals surface area contributed by atoms with Crippen molar-refractivity contribution in [2.24, 2.45) is 0 Å². The van der Waals surface area contributed by atoms with Gasteiger partial charge in [0.25, 0.3) is 16.9 Å². The molecular formula is C23H22N4O5S. The molecule has 3 heterocycles. The molecule has 1 atom stereocenters. The standard InChI is InChI=1S/C23H22N4O5S/c1-12-19(20(28)22(29)27-14-7-8-24-18(10-14)30-2)15-9-13(5-6-16(15)26-12)21(31-3)17-11-25-23(32-4)33-17/h5-11,21,26H,1-4H3,(H,24,27,29). The van der Waals surface area contributed by atoms with Crippen LogP contribution in [0.4, 0.5) is 5.69 Å². The van der Waals surface area contributed by atoms with Crippen LogP contribution in [0.15, 0.2) is 42.7 Å². The van der Waals surface area contributed by atoms with Crippen LogP contribution < -0.4 is 14.8 Å². The summed E-state index contributed by atoms with van der Waals surface area (Å²) in [5.41, 5.74) is 2.89. The maximum Gasteiger partial charge on any atom is 0.296 e. The van der Waals surface area contributed by atoms with Gasteiger partial charge in [0.05, 0.1) is 24.7 Å². The molecule has 2 N–H and O–H groups in total. The number of benzene rings is 1. The van der Waals surface area contributed by atoms with Crippen LogP contribution in [0.25, 0.3) is 10.9 Å². The number of ether oxygens (including phenoxy) is 3. The van der Waals surface area contributed by atoms with Crippen molar-refractivity contribution >= 4 is 39.6 Å². The molecule has 170 valence electrons. The van der Waals surface area contributed by atoms with Gasteiger partial charge in [0.2, 0.25) is 5.88 Å². The largest absolute Gasteiger partial charge is 0.481 e. The third-order valence-electron chi connectivity index (χ3n) is 5.12. The first-order valence-electron chi connectivity index (χ1n) is 9.95. The number of ketones is 1. The molecule has 10 heteroatoms. The van der Waals surface area contributed by atoms with Gasteiger partial charge in [-0.25, -0.2) is 9.97 Å². The van der Waals surface area contributed by atoms with E-state index in [4.69, 9.17) is 14.2 Å². The number of thiazole rings is 1. The lowest BCUT2D eigenvalue weighted by Gasteiger charge is -2.14. The molecule has 0 radical (unpaired) electrons. The van der Waals surface area contributed by atoms with Gasteiger partial charge < -0.3 is 24.5 Å². The lowest BCUT2D eigenvalue weighted by molar-refractivity contribution is -0.112. The van der Waals surface area contributed by atoms with E-state index >= 15 is 0 Å². The molecule has 0 aliphatic rings. The van der Waals surface area contributed by atoms with Gasteiger partial charge in [0.1, 0.15) is 6.10 Å². The highest BCUT2D eigenvalue weighted by Crippen LogP contribution is 2.35. The number of H-pyrrole nitrogens is 1. The average molecular weight is 467 g/mol. The summed E-state index contributed by atoms with van der Waals surface area (Å²) in [6.45, 7) is 1.76. The van der Waals surface area contributed by atoms with Gasteiger partial charge >= 0.3 is 0 Å². The lowest BCUT2D eigenvalue weighted by Crippen LogP contribution is -2.23. The molecule has 0 saturated carbocycles. The van der Waals surface area contributed by atoms with Crippen LogP contribution in [0.1, 0.15) is 32.6 Å². The topological polar surface area (TPSA) is 115 Å². The van der Waals surface area contributed by atoms with Crippen molar-refractivity contribution in [2.75, 3.05) is 26.6 Å². The number of carbonyl (C=O) groups is 2. The summed E-state index contributed by atoms with van der Waals surface area (Å²) >= 11 is 1.38. The van der Waals surface area contributed by atoms with Crippen LogP contribution in [-0.2, 0) is 9.53 Å². The summed E-state index contributed by atoms with van der Waals surface area (Å²) in [5.74, 6) is -1.08. The number of nitrogens with zero attached hydrogens (tertiary/aromatic N) is 2. The number of aromatic amines is 1. The number of Topliss-reactive ketones (excluding diaryl/α,β-unsaturated/α-hetero) is 1. The monoisotopic (exact) mass is 466 g/mol. The molecule has 1 unspecified atom stereocenters. The van der Waals surface area contributed by atoms with Crippen LogP contribution in [0.3, 0.4) is 0 Å². The molecule has 0 aliphatic carbocycles. The van der Waals surface area contributed by atoms with E-state index in [1.54, 1.807) is 33.4 Å². The molecule has 4 rings (SSSR count). The zero-order valence-corrected chi connectivity index (χ0v) is 19.3. The highest BCUT2D eigenvalue weighted by atomic mass is 32.1. The van der Waals surface area contributed by atoms with Crippen LogP contribution in [0.5, 0.6) is 11.1 Å². The number of fused-ring (bicyclic) bond motifs is 1. The molecular weight excluding hydrogens is 444 g/mol. The van der Waals surface area contributed by atoms with E-state index in [2.05, 4.69) is 20.3 Å². The zero-order valence-electron chi connectivity index (χ0n) is 18.5. The normalized spacial score (nSPS) is 11.9. The van der Waals surface area contributed by atoms with Gasteiger partial charge in [0.15, 0.2) is 0 Å². The Bertz CT molecular complexity index is 1330. The van der Waals surface area contributed by atoms with E-state index in [-0.39, 0.29) is 0 Å². The van der Waals surface area contributed by atoms with Crippen LogP contribution >= 0.6 is 11.3 Å². The number of hydrogen-bond acceptors (Lipinski definition) is 8. The second kappa shape index (κ2) is 9.39. The number of anilines is 1. The molecule has 1 amide bonds. The minimum atomic E-state index is -0.756. The molecule has 1 aromatic carbocycles. The predicted octanol–water partition coefficient (Wildman–Crippen LogP) is 3.90. The van der Waals surface area contributed by atoms with E-state index < -0.39 is 17.8 Å². The number of hydrogen-bond donors (Lipinski definition) is 2. The Morgan fingerprint density at radius 3 is 2.61 bits per heavy atom. The first kappa shape index (κ1) is 22.4. The maximum atomic E-state index is 13.1. The van der Waals surface area contributed by atoms with Gasteiger partial charge in [-0.1, -0.05) is 17.4 Å². The Labute approximate surface area is 193 Å². The Hall–Kier alpha value is -3.76. The quantitative estimate of drug-likeness (QED) is 0.299. The number of aromatic nitrogens is 3. The summed E-state index contributed by atoms with van der Waals surface area (Å²) in [6.07, 6.45) is 2.79. The van der Waals surface area contributed by atoms with E-state index in [0.29, 0.717) is 33.4 Å². The number of amides is 1. The third kappa shape index (κ3) is 4.43. The summed E-state index contributed by atoms with van der Waals surface area (Å²) in [7, 11) is 4.64. The summed E-state index contributed by atoms with van der Waals surface area (Å²) in [5, 5.41) is 3.78. The number of nitrogens with one attached hydrogen (secondary N) is 2. The number of pyridine rings is 1. The van der Waals surface area contributed by atoms with Crippen molar-refractivity contribution in [3.8, 4) is 11.1 Å². The van der Waals surface area contributed by atoms with Crippen LogP contribution in [-0.4, -0.2) is 48.0 Å². The van der Waals surface area contributed by atoms with Gasteiger partial charge in [-0.3, -0.25) is 9.59 Å². The summed E-state index contributed by atoms with van der Waals surface area (Å²) in [6, 6.07) is 8.76. The fraction of sp³-hybridized carbons (Fsp3) is 0.217. The highest BCUT2D eigenvalue weighted by Gasteiger charge is 2.25. The first-order chi connectivity index (χ1) is 15.9. The van der Waals surface area contributed by atoms with E-state index in [0.717, 1.165) is 16.0 Å². The molecule has 4 aromatic rings. The fourth-order valence-electron chi connectivity index (χ4n) is 3.60. The molecule has 0 saturated heterocycles. The molecule has 0 spiro atoms. The molecule has 3 aromatic heterocycles. The van der Waals surface area contributed by atoms with Crippen molar-refractivity contribution < 1.29 is 23.8 Å². The van der Waals surface area contributed by atoms with Gasteiger partial charge in [-0.05, 0) is 30.7 Å². The maximum absolute atomic E-state index is 13.1. The average Bonchev–Trinajstić information content (AvgIpc) is 3.42. The van der Waals surface area contributed by atoms with Crippen molar-refractivity contribution in [1.82, 2.24) is 15.0 Å². The molecule has 0 fully saturated rings. The smallest absolute Gasteiger partial charge is 0.296 e. The number of carbonyl (C=O) groups excluding carboxylic acids is 2. The van der Waals surface area contributed by atoms with Gasteiger partial charge in [-0.2, -0.15) is 0 Å².